The average molecular weight is 233 g/mol. The van der Waals surface area contributed by atoms with Crippen LogP contribution in [0, 0.1) is 12.3 Å². The van der Waals surface area contributed by atoms with Crippen molar-refractivity contribution >= 4 is 0 Å². The Morgan fingerprint density at radius 1 is 1.41 bits per heavy atom. The zero-order valence-corrected chi connectivity index (χ0v) is 10.9. The van der Waals surface area contributed by atoms with E-state index in [1.54, 1.807) is 0 Å². The van der Waals surface area contributed by atoms with Crippen LogP contribution >= 0.6 is 0 Å². The van der Waals surface area contributed by atoms with Gasteiger partial charge in [0.05, 0.1) is 6.10 Å². The summed E-state index contributed by atoms with van der Waals surface area (Å²) in [7, 11) is 0. The molecular formula is C15H23NO. The van der Waals surface area contributed by atoms with Gasteiger partial charge in [-0.3, -0.25) is 4.98 Å². The maximum atomic E-state index is 10.5. The van der Waals surface area contributed by atoms with Gasteiger partial charge in [0.15, 0.2) is 0 Å². The minimum absolute atomic E-state index is 0.157. The Morgan fingerprint density at radius 2 is 2.12 bits per heavy atom. The summed E-state index contributed by atoms with van der Waals surface area (Å²) in [6.45, 7) is 4.28. The lowest BCUT2D eigenvalue weighted by Gasteiger charge is -2.33. The molecule has 0 saturated heterocycles. The predicted molar refractivity (Wildman–Crippen MR) is 69.9 cm³/mol. The first kappa shape index (κ1) is 12.6. The molecule has 1 N–H and O–H groups in total. The highest BCUT2D eigenvalue weighted by atomic mass is 16.3. The lowest BCUT2D eigenvalue weighted by Crippen LogP contribution is -2.34. The Bertz CT molecular complexity index is 369. The first-order valence-electron chi connectivity index (χ1n) is 6.76. The summed E-state index contributed by atoms with van der Waals surface area (Å²) >= 11 is 0. The summed E-state index contributed by atoms with van der Waals surface area (Å²) in [5.41, 5.74) is 2.40. The van der Waals surface area contributed by atoms with Gasteiger partial charge in [-0.1, -0.05) is 25.8 Å². The van der Waals surface area contributed by atoms with Gasteiger partial charge in [-0.05, 0) is 43.2 Å². The normalized spacial score (nSPS) is 20.4. The third-order valence-electron chi connectivity index (χ3n) is 4.51. The van der Waals surface area contributed by atoms with E-state index in [0.29, 0.717) is 6.42 Å². The van der Waals surface area contributed by atoms with Crippen LogP contribution in [0.15, 0.2) is 18.3 Å². The van der Waals surface area contributed by atoms with E-state index in [1.807, 2.05) is 12.3 Å². The second-order valence-corrected chi connectivity index (χ2v) is 5.41. The molecule has 1 saturated carbocycles. The standard InChI is InChI=1S/C15H23NO/c1-3-15(8-4-5-9-15)14(17)11-13-12(2)7-6-10-16-13/h6-7,10,14,17H,3-5,8-9,11H2,1-2H3. The van der Waals surface area contributed by atoms with Crippen molar-refractivity contribution in [1.29, 1.82) is 0 Å². The monoisotopic (exact) mass is 233 g/mol. The highest BCUT2D eigenvalue weighted by Crippen LogP contribution is 2.44. The van der Waals surface area contributed by atoms with Crippen LogP contribution in [-0.4, -0.2) is 16.2 Å². The molecule has 1 heterocycles. The molecule has 1 fully saturated rings. The molecule has 17 heavy (non-hydrogen) atoms. The summed E-state index contributed by atoms with van der Waals surface area (Å²) in [6, 6.07) is 4.03. The number of aliphatic hydroxyl groups excluding tert-OH is 1. The topological polar surface area (TPSA) is 33.1 Å². The summed E-state index contributed by atoms with van der Waals surface area (Å²) in [5, 5.41) is 10.5. The van der Waals surface area contributed by atoms with Crippen molar-refractivity contribution < 1.29 is 5.11 Å². The van der Waals surface area contributed by atoms with Crippen LogP contribution in [-0.2, 0) is 6.42 Å². The Hall–Kier alpha value is -0.890. The fourth-order valence-corrected chi connectivity index (χ4v) is 3.13. The molecule has 0 bridgehead atoms. The fraction of sp³-hybridized carbons (Fsp3) is 0.667. The number of pyridine rings is 1. The van der Waals surface area contributed by atoms with Crippen LogP contribution in [0.5, 0.6) is 0 Å². The van der Waals surface area contributed by atoms with Gasteiger partial charge in [0.2, 0.25) is 0 Å². The molecule has 0 amide bonds. The zero-order valence-electron chi connectivity index (χ0n) is 10.9. The van der Waals surface area contributed by atoms with E-state index in [-0.39, 0.29) is 11.5 Å². The number of rotatable bonds is 4. The molecule has 1 aliphatic carbocycles. The molecule has 1 unspecified atom stereocenters. The molecule has 2 nitrogen and oxygen atoms in total. The van der Waals surface area contributed by atoms with E-state index in [0.717, 1.165) is 12.1 Å². The van der Waals surface area contributed by atoms with Gasteiger partial charge in [-0.25, -0.2) is 0 Å². The van der Waals surface area contributed by atoms with Gasteiger partial charge >= 0.3 is 0 Å². The molecule has 94 valence electrons. The molecule has 1 atom stereocenters. The fourth-order valence-electron chi connectivity index (χ4n) is 3.13. The largest absolute Gasteiger partial charge is 0.392 e. The number of hydrogen-bond acceptors (Lipinski definition) is 2. The van der Waals surface area contributed by atoms with Crippen LogP contribution < -0.4 is 0 Å². The summed E-state index contributed by atoms with van der Waals surface area (Å²) in [4.78, 5) is 4.40. The molecule has 0 spiro atoms. The van der Waals surface area contributed by atoms with E-state index >= 15 is 0 Å². The molecule has 0 aromatic carbocycles. The van der Waals surface area contributed by atoms with E-state index in [9.17, 15) is 5.11 Å². The van der Waals surface area contributed by atoms with Gasteiger partial charge in [-0.15, -0.1) is 0 Å². The quantitative estimate of drug-likeness (QED) is 0.866. The van der Waals surface area contributed by atoms with Crippen molar-refractivity contribution in [3.8, 4) is 0 Å². The van der Waals surface area contributed by atoms with E-state index in [1.165, 1.54) is 31.2 Å². The molecule has 2 heteroatoms. The summed E-state index contributed by atoms with van der Waals surface area (Å²) in [5.74, 6) is 0. The van der Waals surface area contributed by atoms with Crippen LogP contribution in [0.3, 0.4) is 0 Å². The smallest absolute Gasteiger partial charge is 0.0651 e. The zero-order chi connectivity index (χ0) is 12.3. The Kier molecular flexibility index (Phi) is 3.82. The van der Waals surface area contributed by atoms with Gasteiger partial charge in [0, 0.05) is 18.3 Å². The maximum Gasteiger partial charge on any atom is 0.0651 e. The van der Waals surface area contributed by atoms with Gasteiger partial charge in [-0.2, -0.15) is 0 Å². The van der Waals surface area contributed by atoms with E-state index in [2.05, 4.69) is 24.9 Å². The third-order valence-corrected chi connectivity index (χ3v) is 4.51. The molecule has 1 aromatic rings. The number of aliphatic hydroxyl groups is 1. The number of hydrogen-bond donors (Lipinski definition) is 1. The van der Waals surface area contributed by atoms with Gasteiger partial charge in [0.1, 0.15) is 0 Å². The molecule has 1 aliphatic rings. The molecule has 0 aliphatic heterocycles. The second-order valence-electron chi connectivity index (χ2n) is 5.41. The number of aromatic nitrogens is 1. The van der Waals surface area contributed by atoms with Crippen molar-refractivity contribution in [2.75, 3.05) is 0 Å². The van der Waals surface area contributed by atoms with Gasteiger partial charge in [0.25, 0.3) is 0 Å². The summed E-state index contributed by atoms with van der Waals surface area (Å²) in [6.07, 6.45) is 8.28. The molecular weight excluding hydrogens is 210 g/mol. The first-order valence-corrected chi connectivity index (χ1v) is 6.76. The Labute approximate surface area is 104 Å². The van der Waals surface area contributed by atoms with Crippen LogP contribution in [0.1, 0.15) is 50.3 Å². The van der Waals surface area contributed by atoms with E-state index in [4.69, 9.17) is 0 Å². The highest BCUT2D eigenvalue weighted by molar-refractivity contribution is 5.19. The molecule has 2 rings (SSSR count). The van der Waals surface area contributed by atoms with Crippen molar-refractivity contribution in [1.82, 2.24) is 4.98 Å². The second kappa shape index (κ2) is 5.18. The maximum absolute atomic E-state index is 10.5. The van der Waals surface area contributed by atoms with Crippen molar-refractivity contribution in [2.45, 2.75) is 58.5 Å². The Morgan fingerprint density at radius 3 is 2.71 bits per heavy atom. The van der Waals surface area contributed by atoms with Crippen LogP contribution in [0.2, 0.25) is 0 Å². The number of nitrogens with zero attached hydrogens (tertiary/aromatic N) is 1. The van der Waals surface area contributed by atoms with Crippen LogP contribution in [0.25, 0.3) is 0 Å². The lowest BCUT2D eigenvalue weighted by molar-refractivity contribution is 0.0249. The summed E-state index contributed by atoms with van der Waals surface area (Å²) < 4.78 is 0. The molecule has 1 aromatic heterocycles. The SMILES string of the molecule is CCC1(C(O)Cc2ncccc2C)CCCC1. The van der Waals surface area contributed by atoms with Crippen molar-refractivity contribution in [3.05, 3.63) is 29.6 Å². The minimum atomic E-state index is -0.233. The first-order chi connectivity index (χ1) is 8.18. The van der Waals surface area contributed by atoms with Crippen molar-refractivity contribution in [2.24, 2.45) is 5.41 Å². The van der Waals surface area contributed by atoms with Crippen LogP contribution in [0.4, 0.5) is 0 Å². The average Bonchev–Trinajstić information content (AvgIpc) is 2.82. The molecule has 0 radical (unpaired) electrons. The lowest BCUT2D eigenvalue weighted by atomic mass is 9.76. The minimum Gasteiger partial charge on any atom is -0.392 e. The van der Waals surface area contributed by atoms with Crippen molar-refractivity contribution in [3.63, 3.8) is 0 Å². The highest BCUT2D eigenvalue weighted by Gasteiger charge is 2.38. The van der Waals surface area contributed by atoms with E-state index < -0.39 is 0 Å². The third kappa shape index (κ3) is 2.52. The Balaban J connectivity index is 2.10. The number of aryl methyl sites for hydroxylation is 1. The predicted octanol–water partition coefficient (Wildman–Crippen LogP) is 3.26. The van der Waals surface area contributed by atoms with Gasteiger partial charge < -0.3 is 5.11 Å².